The Morgan fingerprint density at radius 2 is 2.06 bits per heavy atom. The lowest BCUT2D eigenvalue weighted by molar-refractivity contribution is 1.07. The Morgan fingerprint density at radius 1 is 1.25 bits per heavy atom. The van der Waals surface area contributed by atoms with Crippen LogP contribution in [0.2, 0.25) is 0 Å². The van der Waals surface area contributed by atoms with Crippen LogP contribution >= 0.6 is 11.8 Å². The molecule has 0 amide bonds. The van der Waals surface area contributed by atoms with Crippen molar-refractivity contribution >= 4 is 28.4 Å². The average molecular weight is 229 g/mol. The van der Waals surface area contributed by atoms with Gasteiger partial charge in [-0.2, -0.15) is 0 Å². The van der Waals surface area contributed by atoms with Gasteiger partial charge in [0, 0.05) is 27.7 Å². The van der Waals surface area contributed by atoms with E-state index in [9.17, 15) is 4.79 Å². The van der Waals surface area contributed by atoms with Crippen LogP contribution in [0.4, 0.5) is 0 Å². The number of allylic oxidation sites excluding steroid dienone is 1. The fourth-order valence-electron chi connectivity index (χ4n) is 2.06. The number of para-hydroxylation sites is 1. The minimum absolute atomic E-state index is 0.142. The minimum atomic E-state index is 0.142. The third-order valence-electron chi connectivity index (χ3n) is 2.90. The molecule has 2 aromatic rings. The predicted molar refractivity (Wildman–Crippen MR) is 68.7 cm³/mol. The second kappa shape index (κ2) is 3.25. The van der Waals surface area contributed by atoms with E-state index in [0.29, 0.717) is 0 Å². The molecule has 0 bridgehead atoms. The molecule has 3 heteroatoms. The number of nitrogens with zero attached hydrogens (tertiary/aromatic N) is 1. The SMILES string of the molecule is CC1=CSc2cccc3c(=O)c(C)cn1c23. The molecule has 1 aliphatic heterocycles. The van der Waals surface area contributed by atoms with Crippen molar-refractivity contribution in [3.05, 3.63) is 45.6 Å². The molecule has 0 fully saturated rings. The van der Waals surface area contributed by atoms with Crippen molar-refractivity contribution in [2.75, 3.05) is 0 Å². The summed E-state index contributed by atoms with van der Waals surface area (Å²) in [5.41, 5.74) is 3.15. The van der Waals surface area contributed by atoms with Crippen molar-refractivity contribution in [2.45, 2.75) is 18.7 Å². The second-order valence-corrected chi connectivity index (χ2v) is 4.95. The molecule has 16 heavy (non-hydrogen) atoms. The number of aromatic nitrogens is 1. The second-order valence-electron chi connectivity index (χ2n) is 4.04. The molecule has 0 aliphatic carbocycles. The number of hydrogen-bond donors (Lipinski definition) is 0. The van der Waals surface area contributed by atoms with Crippen molar-refractivity contribution in [1.82, 2.24) is 4.57 Å². The van der Waals surface area contributed by atoms with E-state index in [0.717, 1.165) is 27.1 Å². The fourth-order valence-corrected chi connectivity index (χ4v) is 2.95. The van der Waals surface area contributed by atoms with Crippen LogP contribution in [0.25, 0.3) is 16.6 Å². The highest BCUT2D eigenvalue weighted by Gasteiger charge is 2.14. The number of pyridine rings is 1. The van der Waals surface area contributed by atoms with Crippen LogP contribution in [-0.4, -0.2) is 4.57 Å². The first kappa shape index (κ1) is 9.73. The van der Waals surface area contributed by atoms with Crippen molar-refractivity contribution in [1.29, 1.82) is 0 Å². The summed E-state index contributed by atoms with van der Waals surface area (Å²) >= 11 is 1.68. The standard InChI is InChI=1S/C13H11NOS/c1-8-6-14-9(2)7-16-11-5-3-4-10(12(11)14)13(8)15/h3-7H,1-2H3. The van der Waals surface area contributed by atoms with Crippen LogP contribution in [0.15, 0.2) is 39.5 Å². The van der Waals surface area contributed by atoms with Crippen molar-refractivity contribution in [3.8, 4) is 0 Å². The third kappa shape index (κ3) is 1.18. The number of rotatable bonds is 0. The van der Waals surface area contributed by atoms with Gasteiger partial charge in [-0.05, 0) is 31.4 Å². The summed E-state index contributed by atoms with van der Waals surface area (Å²) in [4.78, 5) is 13.2. The van der Waals surface area contributed by atoms with Gasteiger partial charge in [0.2, 0.25) is 0 Å². The Morgan fingerprint density at radius 3 is 2.88 bits per heavy atom. The van der Waals surface area contributed by atoms with Crippen LogP contribution in [-0.2, 0) is 0 Å². The first-order chi connectivity index (χ1) is 7.68. The monoisotopic (exact) mass is 229 g/mol. The van der Waals surface area contributed by atoms with Crippen molar-refractivity contribution in [3.63, 3.8) is 0 Å². The van der Waals surface area contributed by atoms with E-state index in [4.69, 9.17) is 0 Å². The van der Waals surface area contributed by atoms with Crippen LogP contribution in [0, 0.1) is 6.92 Å². The van der Waals surface area contributed by atoms with Crippen molar-refractivity contribution < 1.29 is 0 Å². The van der Waals surface area contributed by atoms with Crippen LogP contribution in [0.5, 0.6) is 0 Å². The van der Waals surface area contributed by atoms with Gasteiger partial charge in [0.15, 0.2) is 5.43 Å². The lowest BCUT2D eigenvalue weighted by Crippen LogP contribution is -2.13. The Labute approximate surface area is 97.6 Å². The summed E-state index contributed by atoms with van der Waals surface area (Å²) < 4.78 is 2.11. The summed E-state index contributed by atoms with van der Waals surface area (Å²) in [6.45, 7) is 3.93. The molecule has 3 rings (SSSR count). The fraction of sp³-hybridized carbons (Fsp3) is 0.154. The molecule has 0 spiro atoms. The largest absolute Gasteiger partial charge is 0.318 e. The molecule has 2 heterocycles. The summed E-state index contributed by atoms with van der Waals surface area (Å²) in [5.74, 6) is 0. The molecule has 2 nitrogen and oxygen atoms in total. The first-order valence-corrected chi connectivity index (χ1v) is 6.05. The van der Waals surface area contributed by atoms with Gasteiger partial charge in [0.1, 0.15) is 0 Å². The maximum atomic E-state index is 12.0. The Balaban J connectivity index is 2.61. The molecule has 0 saturated heterocycles. The molecule has 0 saturated carbocycles. The molecule has 1 aromatic carbocycles. The van der Waals surface area contributed by atoms with E-state index in [-0.39, 0.29) is 5.43 Å². The molecule has 1 aliphatic rings. The topological polar surface area (TPSA) is 22.0 Å². The van der Waals surface area contributed by atoms with E-state index in [2.05, 4.69) is 23.0 Å². The zero-order valence-electron chi connectivity index (χ0n) is 9.15. The van der Waals surface area contributed by atoms with Crippen LogP contribution in [0.1, 0.15) is 12.5 Å². The van der Waals surface area contributed by atoms with E-state index in [1.807, 2.05) is 25.3 Å². The van der Waals surface area contributed by atoms with E-state index >= 15 is 0 Å². The zero-order chi connectivity index (χ0) is 11.3. The van der Waals surface area contributed by atoms with E-state index in [1.54, 1.807) is 11.8 Å². The number of thioether (sulfide) groups is 1. The number of benzene rings is 1. The minimum Gasteiger partial charge on any atom is -0.318 e. The average Bonchev–Trinajstić information content (AvgIpc) is 2.29. The maximum Gasteiger partial charge on any atom is 0.192 e. The molecule has 1 aromatic heterocycles. The Kier molecular flexibility index (Phi) is 1.98. The summed E-state index contributed by atoms with van der Waals surface area (Å²) in [5, 5.41) is 2.93. The highest BCUT2D eigenvalue weighted by atomic mass is 32.2. The van der Waals surface area contributed by atoms with Crippen molar-refractivity contribution in [2.24, 2.45) is 0 Å². The summed E-state index contributed by atoms with van der Waals surface area (Å²) in [7, 11) is 0. The van der Waals surface area contributed by atoms with Gasteiger partial charge in [-0.3, -0.25) is 4.79 Å². The van der Waals surface area contributed by atoms with Gasteiger partial charge in [-0.25, -0.2) is 0 Å². The van der Waals surface area contributed by atoms with Gasteiger partial charge in [-0.1, -0.05) is 17.8 Å². The molecule has 0 unspecified atom stereocenters. The quantitative estimate of drug-likeness (QED) is 0.692. The normalized spacial score (nSPS) is 14.0. The van der Waals surface area contributed by atoms with Gasteiger partial charge < -0.3 is 4.57 Å². The molecule has 0 N–H and O–H groups in total. The molecule has 0 radical (unpaired) electrons. The van der Waals surface area contributed by atoms with Crippen LogP contribution < -0.4 is 5.43 Å². The van der Waals surface area contributed by atoms with E-state index in [1.165, 1.54) is 0 Å². The Hall–Kier alpha value is -1.48. The molecular formula is C13H11NOS. The highest BCUT2D eigenvalue weighted by molar-refractivity contribution is 8.02. The molecule has 80 valence electrons. The number of aryl methyl sites for hydroxylation is 1. The molecule has 0 atom stereocenters. The summed E-state index contributed by atoms with van der Waals surface area (Å²) in [6, 6.07) is 5.91. The van der Waals surface area contributed by atoms with Gasteiger partial charge in [0.05, 0.1) is 5.52 Å². The van der Waals surface area contributed by atoms with Gasteiger partial charge in [0.25, 0.3) is 0 Å². The molecular weight excluding hydrogens is 218 g/mol. The summed E-state index contributed by atoms with van der Waals surface area (Å²) in [6.07, 6.45) is 1.93. The third-order valence-corrected chi connectivity index (χ3v) is 3.94. The highest BCUT2D eigenvalue weighted by Crippen LogP contribution is 2.34. The van der Waals surface area contributed by atoms with E-state index < -0.39 is 0 Å². The number of hydrogen-bond acceptors (Lipinski definition) is 2. The predicted octanol–water partition coefficient (Wildman–Crippen LogP) is 3.23. The van der Waals surface area contributed by atoms with Gasteiger partial charge >= 0.3 is 0 Å². The maximum absolute atomic E-state index is 12.0. The lowest BCUT2D eigenvalue weighted by Gasteiger charge is -2.19. The van der Waals surface area contributed by atoms with Crippen LogP contribution in [0.3, 0.4) is 0 Å². The lowest BCUT2D eigenvalue weighted by atomic mass is 10.1. The Bertz CT molecular complexity index is 682. The first-order valence-electron chi connectivity index (χ1n) is 5.17. The smallest absolute Gasteiger partial charge is 0.192 e. The zero-order valence-corrected chi connectivity index (χ0v) is 9.97. The van der Waals surface area contributed by atoms with Gasteiger partial charge in [-0.15, -0.1) is 0 Å².